The van der Waals surface area contributed by atoms with Gasteiger partial charge in [0, 0.05) is 28.4 Å². The Morgan fingerprint density at radius 3 is 2.00 bits per heavy atom. The number of ether oxygens (including phenoxy) is 1. The predicted molar refractivity (Wildman–Crippen MR) is 168 cm³/mol. The molecule has 44 heavy (non-hydrogen) atoms. The first-order chi connectivity index (χ1) is 21.1. The Hall–Kier alpha value is -6.10. The van der Waals surface area contributed by atoms with Crippen molar-refractivity contribution in [1.29, 1.82) is 0 Å². The zero-order valence-electron chi connectivity index (χ0n) is 24.0. The van der Waals surface area contributed by atoms with Gasteiger partial charge in [0.25, 0.3) is 17.5 Å². The van der Waals surface area contributed by atoms with Crippen LogP contribution in [0.25, 0.3) is 10.8 Å². The fourth-order valence-corrected chi connectivity index (χ4v) is 4.43. The maximum Gasteiger partial charge on any atom is 0.273 e. The Labute approximate surface area is 252 Å². The summed E-state index contributed by atoms with van der Waals surface area (Å²) in [6, 6.07) is 24.6. The number of nitro benzene ring substituents is 1. The summed E-state index contributed by atoms with van der Waals surface area (Å²) in [5.74, 6) is -1.32. The number of anilines is 2. The highest BCUT2D eigenvalue weighted by Gasteiger charge is 2.20. The number of nitrogens with one attached hydrogen (secondary N) is 2. The molecule has 0 bridgehead atoms. The molecular formula is C33H27N5O6. The average molecular weight is 590 g/mol. The number of carbonyl (C=O) groups is 2. The number of hydrogen-bond acceptors (Lipinski definition) is 8. The van der Waals surface area contributed by atoms with Crippen LogP contribution in [0.5, 0.6) is 11.5 Å². The van der Waals surface area contributed by atoms with Crippen LogP contribution in [0.4, 0.5) is 28.4 Å². The molecule has 5 rings (SSSR count). The van der Waals surface area contributed by atoms with Crippen molar-refractivity contribution >= 4 is 51.0 Å². The van der Waals surface area contributed by atoms with Gasteiger partial charge in [-0.25, -0.2) is 0 Å². The van der Waals surface area contributed by atoms with E-state index in [9.17, 15) is 24.8 Å². The number of carbonyl (C=O) groups excluding carboxylic acids is 2. The van der Waals surface area contributed by atoms with E-state index < -0.39 is 16.6 Å². The van der Waals surface area contributed by atoms with Crippen molar-refractivity contribution < 1.29 is 24.4 Å². The second-order valence-electron chi connectivity index (χ2n) is 10.0. The largest absolute Gasteiger partial charge is 0.505 e. The normalized spacial score (nSPS) is 11.0. The summed E-state index contributed by atoms with van der Waals surface area (Å²) in [4.78, 5) is 37.1. The van der Waals surface area contributed by atoms with Gasteiger partial charge in [0.1, 0.15) is 11.4 Å². The van der Waals surface area contributed by atoms with E-state index in [2.05, 4.69) is 20.9 Å². The number of azo groups is 1. The second kappa shape index (κ2) is 12.4. The molecule has 220 valence electrons. The van der Waals surface area contributed by atoms with Crippen molar-refractivity contribution in [2.75, 3.05) is 17.7 Å². The smallest absolute Gasteiger partial charge is 0.273 e. The summed E-state index contributed by atoms with van der Waals surface area (Å²) in [6.07, 6.45) is 0. The zero-order chi connectivity index (χ0) is 31.4. The van der Waals surface area contributed by atoms with E-state index in [1.165, 1.54) is 31.4 Å². The van der Waals surface area contributed by atoms with E-state index in [0.29, 0.717) is 27.7 Å². The molecule has 3 N–H and O–H groups in total. The molecule has 0 aliphatic carbocycles. The molecule has 0 radical (unpaired) electrons. The van der Waals surface area contributed by atoms with Crippen LogP contribution in [0.1, 0.15) is 31.8 Å². The van der Waals surface area contributed by atoms with E-state index in [1.54, 1.807) is 42.5 Å². The standard InChI is InChI=1S/C33H27N5O6/c1-19-4-9-23(10-5-19)34-32(40)21-8-14-26-22(16-21)17-27(33(41)35-24-11-6-20(2)7-12-24)31(39)30(26)37-36-28-15-13-25(38(42)43)18-29(28)44-3/h4-18,39H,1-3H3,(H,34,40)(H,35,41). The molecule has 0 aliphatic heterocycles. The lowest BCUT2D eigenvalue weighted by molar-refractivity contribution is -0.384. The first-order valence-electron chi connectivity index (χ1n) is 13.4. The van der Waals surface area contributed by atoms with Crippen LogP contribution < -0.4 is 15.4 Å². The van der Waals surface area contributed by atoms with Crippen molar-refractivity contribution in [2.45, 2.75) is 13.8 Å². The molecule has 11 nitrogen and oxygen atoms in total. The molecule has 0 aromatic heterocycles. The van der Waals surface area contributed by atoms with Gasteiger partial charge in [0.2, 0.25) is 0 Å². The minimum atomic E-state index is -0.605. The lowest BCUT2D eigenvalue weighted by Crippen LogP contribution is -2.13. The van der Waals surface area contributed by atoms with Crippen LogP contribution in [-0.4, -0.2) is 29.0 Å². The maximum atomic E-state index is 13.4. The minimum Gasteiger partial charge on any atom is -0.505 e. The van der Waals surface area contributed by atoms with E-state index in [-0.39, 0.29) is 34.3 Å². The molecule has 0 heterocycles. The van der Waals surface area contributed by atoms with Gasteiger partial charge in [-0.05, 0) is 67.8 Å². The van der Waals surface area contributed by atoms with Gasteiger partial charge in [-0.1, -0.05) is 41.5 Å². The summed E-state index contributed by atoms with van der Waals surface area (Å²) >= 11 is 0. The third-order valence-electron chi connectivity index (χ3n) is 6.84. The molecule has 2 amide bonds. The molecule has 0 atom stereocenters. The quantitative estimate of drug-likeness (QED) is 0.0946. The van der Waals surface area contributed by atoms with Crippen molar-refractivity contribution in [3.05, 3.63) is 123 Å². The van der Waals surface area contributed by atoms with Crippen molar-refractivity contribution in [2.24, 2.45) is 10.2 Å². The van der Waals surface area contributed by atoms with Crippen molar-refractivity contribution in [3.63, 3.8) is 0 Å². The minimum absolute atomic E-state index is 0.0394. The van der Waals surface area contributed by atoms with E-state index >= 15 is 0 Å². The number of nitrogens with zero attached hydrogens (tertiary/aromatic N) is 3. The number of non-ortho nitro benzene ring substituents is 1. The highest BCUT2D eigenvalue weighted by atomic mass is 16.6. The number of rotatable bonds is 8. The second-order valence-corrected chi connectivity index (χ2v) is 10.0. The van der Waals surface area contributed by atoms with Gasteiger partial charge in [0.15, 0.2) is 11.5 Å². The zero-order valence-corrected chi connectivity index (χ0v) is 24.0. The fraction of sp³-hybridized carbons (Fsp3) is 0.0909. The number of methoxy groups -OCH3 is 1. The Balaban J connectivity index is 1.58. The van der Waals surface area contributed by atoms with Crippen LogP contribution in [0, 0.1) is 24.0 Å². The van der Waals surface area contributed by atoms with Crippen LogP contribution in [0.15, 0.2) is 101 Å². The molecule has 5 aromatic rings. The maximum absolute atomic E-state index is 13.4. The average Bonchev–Trinajstić information content (AvgIpc) is 3.02. The van der Waals surface area contributed by atoms with E-state index in [4.69, 9.17) is 4.74 Å². The highest BCUT2D eigenvalue weighted by molar-refractivity contribution is 6.13. The number of benzene rings is 5. The third-order valence-corrected chi connectivity index (χ3v) is 6.84. The number of fused-ring (bicyclic) bond motifs is 1. The summed E-state index contributed by atoms with van der Waals surface area (Å²) in [6.45, 7) is 3.87. The molecule has 11 heteroatoms. The predicted octanol–water partition coefficient (Wildman–Crippen LogP) is 8.00. The van der Waals surface area contributed by atoms with Gasteiger partial charge in [-0.15, -0.1) is 10.2 Å². The van der Waals surface area contributed by atoms with Gasteiger partial charge < -0.3 is 20.5 Å². The topological polar surface area (TPSA) is 156 Å². The molecule has 0 saturated heterocycles. The number of hydrogen-bond donors (Lipinski definition) is 3. The van der Waals surface area contributed by atoms with Crippen LogP contribution >= 0.6 is 0 Å². The van der Waals surface area contributed by atoms with Crippen LogP contribution in [-0.2, 0) is 0 Å². The van der Waals surface area contributed by atoms with Gasteiger partial charge in [-0.2, -0.15) is 0 Å². The first kappa shape index (κ1) is 29.4. The fourth-order valence-electron chi connectivity index (χ4n) is 4.43. The molecule has 0 unspecified atom stereocenters. The number of phenols is 1. The van der Waals surface area contributed by atoms with Gasteiger partial charge >= 0.3 is 0 Å². The SMILES string of the molecule is COc1cc([N+](=O)[O-])ccc1N=Nc1c(O)c(C(=O)Nc2ccc(C)cc2)cc2cc(C(=O)Nc3ccc(C)cc3)ccc12. The monoisotopic (exact) mass is 589 g/mol. The number of aryl methyl sites for hydroxylation is 2. The van der Waals surface area contributed by atoms with Gasteiger partial charge in [-0.3, -0.25) is 19.7 Å². The van der Waals surface area contributed by atoms with Crippen LogP contribution in [0.3, 0.4) is 0 Å². The number of nitro groups is 1. The Morgan fingerprint density at radius 1 is 0.795 bits per heavy atom. The summed E-state index contributed by atoms with van der Waals surface area (Å²) in [7, 11) is 1.34. The third kappa shape index (κ3) is 6.36. The molecular weight excluding hydrogens is 562 g/mol. The van der Waals surface area contributed by atoms with Gasteiger partial charge in [0.05, 0.1) is 23.7 Å². The van der Waals surface area contributed by atoms with E-state index in [1.807, 2.05) is 38.1 Å². The van der Waals surface area contributed by atoms with Crippen molar-refractivity contribution in [1.82, 2.24) is 0 Å². The number of phenolic OH excluding ortho intramolecular Hbond substituents is 1. The highest BCUT2D eigenvalue weighted by Crippen LogP contribution is 2.41. The Morgan fingerprint density at radius 2 is 1.41 bits per heavy atom. The van der Waals surface area contributed by atoms with Crippen molar-refractivity contribution in [3.8, 4) is 11.5 Å². The lowest BCUT2D eigenvalue weighted by Gasteiger charge is -2.13. The molecule has 0 fully saturated rings. The number of amides is 2. The first-order valence-corrected chi connectivity index (χ1v) is 13.4. The Kier molecular flexibility index (Phi) is 8.29. The Bertz CT molecular complexity index is 1940. The number of aromatic hydroxyl groups is 1. The summed E-state index contributed by atoms with van der Waals surface area (Å²) in [5.41, 5.74) is 3.35. The summed E-state index contributed by atoms with van der Waals surface area (Å²) < 4.78 is 5.25. The molecule has 0 saturated carbocycles. The summed E-state index contributed by atoms with van der Waals surface area (Å²) in [5, 5.41) is 37.4. The lowest BCUT2D eigenvalue weighted by atomic mass is 10.00. The van der Waals surface area contributed by atoms with Crippen LogP contribution in [0.2, 0.25) is 0 Å². The molecule has 5 aromatic carbocycles. The molecule has 0 spiro atoms. The van der Waals surface area contributed by atoms with E-state index in [0.717, 1.165) is 11.1 Å². The molecule has 0 aliphatic rings.